The Morgan fingerprint density at radius 1 is 1.27 bits per heavy atom. The molecule has 0 aromatic heterocycles. The van der Waals surface area contributed by atoms with Gasteiger partial charge in [0, 0.05) is 0 Å². The standard InChI is InChI=1S/C10H16O/c1-7-4-9(3)10(6-11)5-8(7)2/h6-8H,4-5H2,1-3H3. The molecule has 0 fully saturated rings. The molecular formula is C10H16O. The van der Waals surface area contributed by atoms with E-state index in [-0.39, 0.29) is 0 Å². The first-order valence-electron chi connectivity index (χ1n) is 4.29. The number of hydrogen-bond donors (Lipinski definition) is 0. The molecule has 0 radical (unpaired) electrons. The maximum Gasteiger partial charge on any atom is 0.145 e. The van der Waals surface area contributed by atoms with Gasteiger partial charge in [-0.2, -0.15) is 0 Å². The first-order chi connectivity index (χ1) is 5.15. The summed E-state index contributed by atoms with van der Waals surface area (Å²) in [6.07, 6.45) is 3.11. The molecule has 0 saturated carbocycles. The summed E-state index contributed by atoms with van der Waals surface area (Å²) < 4.78 is 0. The number of allylic oxidation sites excluding steroid dienone is 2. The molecule has 2 unspecified atom stereocenters. The van der Waals surface area contributed by atoms with Crippen LogP contribution < -0.4 is 0 Å². The van der Waals surface area contributed by atoms with E-state index in [1.54, 1.807) is 0 Å². The van der Waals surface area contributed by atoms with Gasteiger partial charge in [-0.3, -0.25) is 4.79 Å². The van der Waals surface area contributed by atoms with Crippen LogP contribution in [0.5, 0.6) is 0 Å². The second-order valence-electron chi connectivity index (χ2n) is 3.79. The van der Waals surface area contributed by atoms with E-state index in [9.17, 15) is 4.79 Å². The Kier molecular flexibility index (Phi) is 2.48. The highest BCUT2D eigenvalue weighted by atomic mass is 16.1. The number of aldehydes is 1. The summed E-state index contributed by atoms with van der Waals surface area (Å²) in [6, 6.07) is 0. The highest BCUT2D eigenvalue weighted by molar-refractivity contribution is 5.74. The van der Waals surface area contributed by atoms with Crippen LogP contribution >= 0.6 is 0 Å². The fourth-order valence-electron chi connectivity index (χ4n) is 1.69. The Bertz CT molecular complexity index is 191. The van der Waals surface area contributed by atoms with Gasteiger partial charge in [0.05, 0.1) is 0 Å². The zero-order chi connectivity index (χ0) is 8.43. The van der Waals surface area contributed by atoms with Gasteiger partial charge in [-0.05, 0) is 37.2 Å². The van der Waals surface area contributed by atoms with Crippen molar-refractivity contribution in [2.45, 2.75) is 33.6 Å². The Morgan fingerprint density at radius 2 is 1.82 bits per heavy atom. The van der Waals surface area contributed by atoms with Crippen molar-refractivity contribution in [3.8, 4) is 0 Å². The summed E-state index contributed by atoms with van der Waals surface area (Å²) in [7, 11) is 0. The van der Waals surface area contributed by atoms with E-state index >= 15 is 0 Å². The van der Waals surface area contributed by atoms with Gasteiger partial charge in [-0.15, -0.1) is 0 Å². The van der Waals surface area contributed by atoms with Gasteiger partial charge in [-0.1, -0.05) is 19.4 Å². The van der Waals surface area contributed by atoms with Crippen LogP contribution in [-0.2, 0) is 4.79 Å². The van der Waals surface area contributed by atoms with Crippen LogP contribution in [0.25, 0.3) is 0 Å². The topological polar surface area (TPSA) is 17.1 Å². The van der Waals surface area contributed by atoms with Gasteiger partial charge in [0.25, 0.3) is 0 Å². The Hall–Kier alpha value is -0.590. The SMILES string of the molecule is CC1=C(C=O)CC(C)C(C)C1. The number of carbonyl (C=O) groups excluding carboxylic acids is 1. The molecule has 0 aromatic rings. The molecule has 1 nitrogen and oxygen atoms in total. The zero-order valence-electron chi connectivity index (χ0n) is 7.55. The largest absolute Gasteiger partial charge is 0.298 e. The van der Waals surface area contributed by atoms with Crippen LogP contribution in [0.15, 0.2) is 11.1 Å². The Labute approximate surface area is 68.5 Å². The highest BCUT2D eigenvalue weighted by Gasteiger charge is 2.21. The van der Waals surface area contributed by atoms with Gasteiger partial charge < -0.3 is 0 Å². The minimum absolute atomic E-state index is 0.680. The second kappa shape index (κ2) is 3.21. The minimum atomic E-state index is 0.680. The van der Waals surface area contributed by atoms with Crippen molar-refractivity contribution in [1.29, 1.82) is 0 Å². The number of carbonyl (C=O) groups is 1. The summed E-state index contributed by atoms with van der Waals surface area (Å²) >= 11 is 0. The van der Waals surface area contributed by atoms with Crippen molar-refractivity contribution >= 4 is 6.29 Å². The highest BCUT2D eigenvalue weighted by Crippen LogP contribution is 2.32. The Morgan fingerprint density at radius 3 is 2.36 bits per heavy atom. The molecule has 62 valence electrons. The van der Waals surface area contributed by atoms with Crippen molar-refractivity contribution in [2.24, 2.45) is 11.8 Å². The van der Waals surface area contributed by atoms with Crippen LogP contribution in [0.1, 0.15) is 33.6 Å². The maximum atomic E-state index is 10.6. The van der Waals surface area contributed by atoms with Crippen LogP contribution in [0.2, 0.25) is 0 Å². The van der Waals surface area contributed by atoms with E-state index in [2.05, 4.69) is 20.8 Å². The number of rotatable bonds is 1. The van der Waals surface area contributed by atoms with Gasteiger partial charge in [0.1, 0.15) is 6.29 Å². The van der Waals surface area contributed by atoms with Gasteiger partial charge in [0.15, 0.2) is 0 Å². The van der Waals surface area contributed by atoms with Crippen molar-refractivity contribution in [3.63, 3.8) is 0 Å². The summed E-state index contributed by atoms with van der Waals surface area (Å²) in [5.41, 5.74) is 2.33. The van der Waals surface area contributed by atoms with E-state index in [0.717, 1.165) is 30.6 Å². The molecular weight excluding hydrogens is 136 g/mol. The summed E-state index contributed by atoms with van der Waals surface area (Å²) in [5.74, 6) is 1.43. The lowest BCUT2D eigenvalue weighted by Crippen LogP contribution is -2.16. The average molecular weight is 152 g/mol. The van der Waals surface area contributed by atoms with E-state index in [0.29, 0.717) is 5.92 Å². The van der Waals surface area contributed by atoms with Gasteiger partial charge in [-0.25, -0.2) is 0 Å². The van der Waals surface area contributed by atoms with Crippen molar-refractivity contribution in [3.05, 3.63) is 11.1 Å². The fraction of sp³-hybridized carbons (Fsp3) is 0.700. The monoisotopic (exact) mass is 152 g/mol. The van der Waals surface area contributed by atoms with E-state index in [4.69, 9.17) is 0 Å². The fourth-order valence-corrected chi connectivity index (χ4v) is 1.69. The van der Waals surface area contributed by atoms with Crippen LogP contribution in [0.3, 0.4) is 0 Å². The number of hydrogen-bond acceptors (Lipinski definition) is 1. The molecule has 0 heterocycles. The summed E-state index contributed by atoms with van der Waals surface area (Å²) in [4.78, 5) is 10.6. The smallest absolute Gasteiger partial charge is 0.145 e. The van der Waals surface area contributed by atoms with Crippen LogP contribution in [-0.4, -0.2) is 6.29 Å². The third-order valence-corrected chi connectivity index (χ3v) is 2.83. The molecule has 0 aromatic carbocycles. The van der Waals surface area contributed by atoms with Crippen LogP contribution in [0.4, 0.5) is 0 Å². The molecule has 1 heteroatoms. The molecule has 1 rings (SSSR count). The molecule has 0 spiro atoms. The van der Waals surface area contributed by atoms with E-state index in [1.165, 1.54) is 5.57 Å². The molecule has 0 N–H and O–H groups in total. The molecule has 0 amide bonds. The third-order valence-electron chi connectivity index (χ3n) is 2.83. The zero-order valence-corrected chi connectivity index (χ0v) is 7.55. The lowest BCUT2D eigenvalue weighted by atomic mass is 9.79. The third kappa shape index (κ3) is 1.70. The summed E-state index contributed by atoms with van der Waals surface area (Å²) in [5, 5.41) is 0. The van der Waals surface area contributed by atoms with Crippen molar-refractivity contribution in [2.75, 3.05) is 0 Å². The molecule has 2 atom stereocenters. The normalized spacial score (nSPS) is 32.3. The minimum Gasteiger partial charge on any atom is -0.298 e. The van der Waals surface area contributed by atoms with Gasteiger partial charge in [0.2, 0.25) is 0 Å². The van der Waals surface area contributed by atoms with Crippen LogP contribution in [0, 0.1) is 11.8 Å². The first-order valence-corrected chi connectivity index (χ1v) is 4.29. The quantitative estimate of drug-likeness (QED) is 0.528. The Balaban J connectivity index is 2.78. The lowest BCUT2D eigenvalue weighted by Gasteiger charge is -2.26. The molecule has 0 bridgehead atoms. The second-order valence-corrected chi connectivity index (χ2v) is 3.79. The first kappa shape index (κ1) is 8.51. The molecule has 11 heavy (non-hydrogen) atoms. The molecule has 0 saturated heterocycles. The lowest BCUT2D eigenvalue weighted by molar-refractivity contribution is -0.105. The van der Waals surface area contributed by atoms with Gasteiger partial charge >= 0.3 is 0 Å². The van der Waals surface area contributed by atoms with E-state index < -0.39 is 0 Å². The predicted octanol–water partition coefficient (Wildman–Crippen LogP) is 2.57. The molecule has 0 aliphatic heterocycles. The van der Waals surface area contributed by atoms with E-state index in [1.807, 2.05) is 0 Å². The molecule has 1 aliphatic carbocycles. The van der Waals surface area contributed by atoms with Crippen molar-refractivity contribution < 1.29 is 4.79 Å². The maximum absolute atomic E-state index is 10.6. The summed E-state index contributed by atoms with van der Waals surface area (Å²) in [6.45, 7) is 6.56. The average Bonchev–Trinajstić information content (AvgIpc) is 1.97. The molecule has 1 aliphatic rings. The van der Waals surface area contributed by atoms with Crippen molar-refractivity contribution in [1.82, 2.24) is 0 Å². The predicted molar refractivity (Wildman–Crippen MR) is 46.3 cm³/mol.